The lowest BCUT2D eigenvalue weighted by molar-refractivity contribution is 0.200. The maximum Gasteiger partial charge on any atom is 0.139 e. The summed E-state index contributed by atoms with van der Waals surface area (Å²) in [6.07, 6.45) is 1.86. The van der Waals surface area contributed by atoms with Gasteiger partial charge in [-0.3, -0.25) is 4.90 Å². The molecule has 16 heavy (non-hydrogen) atoms. The highest BCUT2D eigenvalue weighted by Crippen LogP contribution is 2.12. The van der Waals surface area contributed by atoms with Crippen LogP contribution in [-0.2, 0) is 6.54 Å². The third-order valence-electron chi connectivity index (χ3n) is 3.06. The predicted octanol–water partition coefficient (Wildman–Crippen LogP) is 1.84. The average molecular weight is 222 g/mol. The van der Waals surface area contributed by atoms with Gasteiger partial charge >= 0.3 is 0 Å². The van der Waals surface area contributed by atoms with Crippen molar-refractivity contribution < 1.29 is 0 Å². The van der Waals surface area contributed by atoms with Gasteiger partial charge in [0.2, 0.25) is 0 Å². The van der Waals surface area contributed by atoms with Gasteiger partial charge < -0.3 is 5.43 Å². The Hall–Kier alpha value is -1.13. The Kier molecular flexibility index (Phi) is 4.71. The maximum absolute atomic E-state index is 5.27. The monoisotopic (exact) mass is 222 g/mol. The van der Waals surface area contributed by atoms with Crippen molar-refractivity contribution in [3.8, 4) is 0 Å². The van der Waals surface area contributed by atoms with E-state index in [0.717, 1.165) is 6.54 Å². The van der Waals surface area contributed by atoms with Crippen molar-refractivity contribution in [2.24, 2.45) is 11.8 Å². The number of rotatable bonds is 5. The summed E-state index contributed by atoms with van der Waals surface area (Å²) in [6.45, 7) is 7.63. The molecule has 1 atom stereocenters. The summed E-state index contributed by atoms with van der Waals surface area (Å²) in [4.78, 5) is 6.52. The molecule has 3 N–H and O–H groups in total. The molecule has 0 amide bonds. The zero-order valence-electron chi connectivity index (χ0n) is 10.6. The van der Waals surface area contributed by atoms with Gasteiger partial charge in [0.15, 0.2) is 0 Å². The number of nitrogens with two attached hydrogens (primary N) is 1. The number of nitrogens with one attached hydrogen (secondary N) is 1. The van der Waals surface area contributed by atoms with E-state index in [2.05, 4.69) is 43.1 Å². The van der Waals surface area contributed by atoms with Crippen molar-refractivity contribution in [2.75, 3.05) is 12.5 Å². The van der Waals surface area contributed by atoms with Gasteiger partial charge in [0.25, 0.3) is 0 Å². The number of pyridine rings is 1. The first-order valence-corrected chi connectivity index (χ1v) is 5.66. The molecule has 0 bridgehead atoms. The molecule has 1 rings (SSSR count). The van der Waals surface area contributed by atoms with Crippen LogP contribution in [0.25, 0.3) is 0 Å². The molecule has 4 heteroatoms. The molecule has 0 aliphatic carbocycles. The highest BCUT2D eigenvalue weighted by molar-refractivity contribution is 5.33. The van der Waals surface area contributed by atoms with E-state index >= 15 is 0 Å². The van der Waals surface area contributed by atoms with Crippen LogP contribution in [0.2, 0.25) is 0 Å². The summed E-state index contributed by atoms with van der Waals surface area (Å²) in [5, 5.41) is 0. The van der Waals surface area contributed by atoms with Crippen molar-refractivity contribution in [2.45, 2.75) is 33.4 Å². The molecule has 1 aromatic heterocycles. The predicted molar refractivity (Wildman–Crippen MR) is 67.8 cm³/mol. The summed E-state index contributed by atoms with van der Waals surface area (Å²) in [6, 6.07) is 4.50. The molecule has 0 spiro atoms. The largest absolute Gasteiger partial charge is 0.308 e. The summed E-state index contributed by atoms with van der Waals surface area (Å²) < 4.78 is 0. The van der Waals surface area contributed by atoms with E-state index in [1.807, 2.05) is 18.3 Å². The van der Waals surface area contributed by atoms with Gasteiger partial charge in [0.1, 0.15) is 5.82 Å². The highest BCUT2D eigenvalue weighted by atomic mass is 15.2. The Labute approximate surface area is 97.8 Å². The van der Waals surface area contributed by atoms with E-state index in [-0.39, 0.29) is 0 Å². The van der Waals surface area contributed by atoms with Crippen LogP contribution in [0.1, 0.15) is 26.3 Å². The number of hydrogen-bond donors (Lipinski definition) is 2. The first-order chi connectivity index (χ1) is 7.54. The smallest absolute Gasteiger partial charge is 0.139 e. The number of aromatic nitrogens is 1. The number of hydrazine groups is 1. The van der Waals surface area contributed by atoms with Crippen LogP contribution in [0.3, 0.4) is 0 Å². The lowest BCUT2D eigenvalue weighted by Gasteiger charge is -2.27. The fourth-order valence-electron chi connectivity index (χ4n) is 1.54. The lowest BCUT2D eigenvalue weighted by Crippen LogP contribution is -2.32. The van der Waals surface area contributed by atoms with Gasteiger partial charge in [-0.25, -0.2) is 10.8 Å². The van der Waals surface area contributed by atoms with Crippen molar-refractivity contribution in [3.63, 3.8) is 0 Å². The molecule has 90 valence electrons. The third-order valence-corrected chi connectivity index (χ3v) is 3.06. The van der Waals surface area contributed by atoms with Crippen LogP contribution >= 0.6 is 0 Å². The van der Waals surface area contributed by atoms with E-state index in [1.165, 1.54) is 5.56 Å². The lowest BCUT2D eigenvalue weighted by atomic mass is 10.0. The molecular weight excluding hydrogens is 200 g/mol. The van der Waals surface area contributed by atoms with E-state index in [0.29, 0.717) is 17.8 Å². The zero-order valence-corrected chi connectivity index (χ0v) is 10.6. The fraction of sp³-hybridized carbons (Fsp3) is 0.583. The maximum atomic E-state index is 5.27. The van der Waals surface area contributed by atoms with Gasteiger partial charge in [-0.05, 0) is 31.5 Å². The van der Waals surface area contributed by atoms with Crippen LogP contribution in [0.5, 0.6) is 0 Å². The highest BCUT2D eigenvalue weighted by Gasteiger charge is 2.13. The third kappa shape index (κ3) is 3.47. The van der Waals surface area contributed by atoms with E-state index in [1.54, 1.807) is 0 Å². The average Bonchev–Trinajstić information content (AvgIpc) is 2.28. The first-order valence-electron chi connectivity index (χ1n) is 5.66. The van der Waals surface area contributed by atoms with Gasteiger partial charge in [-0.15, -0.1) is 0 Å². The summed E-state index contributed by atoms with van der Waals surface area (Å²) in [5.41, 5.74) is 3.73. The van der Waals surface area contributed by atoms with Crippen LogP contribution in [0.15, 0.2) is 18.3 Å². The Morgan fingerprint density at radius 1 is 1.38 bits per heavy atom. The number of anilines is 1. The van der Waals surface area contributed by atoms with E-state index in [4.69, 9.17) is 5.84 Å². The minimum absolute atomic E-state index is 0.562. The zero-order chi connectivity index (χ0) is 12.1. The van der Waals surface area contributed by atoms with Gasteiger partial charge in [0.05, 0.1) is 0 Å². The molecule has 0 fully saturated rings. The molecule has 0 aliphatic rings. The second kappa shape index (κ2) is 5.82. The van der Waals surface area contributed by atoms with Crippen LogP contribution in [0, 0.1) is 5.92 Å². The first kappa shape index (κ1) is 12.9. The number of hydrogen-bond acceptors (Lipinski definition) is 4. The molecule has 0 radical (unpaired) electrons. The molecule has 0 saturated carbocycles. The van der Waals surface area contributed by atoms with Crippen LogP contribution in [-0.4, -0.2) is 23.0 Å². The van der Waals surface area contributed by atoms with Gasteiger partial charge in [0, 0.05) is 18.8 Å². The quantitative estimate of drug-likeness (QED) is 0.589. The van der Waals surface area contributed by atoms with Gasteiger partial charge in [-0.1, -0.05) is 19.9 Å². The summed E-state index contributed by atoms with van der Waals surface area (Å²) in [7, 11) is 2.14. The Morgan fingerprint density at radius 3 is 2.50 bits per heavy atom. The molecule has 1 aromatic rings. The second-order valence-corrected chi connectivity index (χ2v) is 4.60. The van der Waals surface area contributed by atoms with Crippen LogP contribution < -0.4 is 11.3 Å². The molecule has 1 unspecified atom stereocenters. The SMILES string of the molecule is CC(C)C(C)N(C)Cc1ccc(NN)nc1. The minimum Gasteiger partial charge on any atom is -0.308 e. The summed E-state index contributed by atoms with van der Waals surface area (Å²) in [5.74, 6) is 6.62. The van der Waals surface area contributed by atoms with Crippen molar-refractivity contribution >= 4 is 5.82 Å². The Balaban J connectivity index is 2.59. The van der Waals surface area contributed by atoms with Crippen LogP contribution in [0.4, 0.5) is 5.82 Å². The normalized spacial score (nSPS) is 13.2. The second-order valence-electron chi connectivity index (χ2n) is 4.60. The molecule has 0 aromatic carbocycles. The molecular formula is C12H22N4. The van der Waals surface area contributed by atoms with Crippen molar-refractivity contribution in [3.05, 3.63) is 23.9 Å². The van der Waals surface area contributed by atoms with E-state index < -0.39 is 0 Å². The fourth-order valence-corrected chi connectivity index (χ4v) is 1.54. The minimum atomic E-state index is 0.562. The topological polar surface area (TPSA) is 54.2 Å². The van der Waals surface area contributed by atoms with Gasteiger partial charge in [-0.2, -0.15) is 0 Å². The Bertz CT molecular complexity index is 307. The molecule has 0 aliphatic heterocycles. The van der Waals surface area contributed by atoms with E-state index in [9.17, 15) is 0 Å². The number of nitrogens with zero attached hydrogens (tertiary/aromatic N) is 2. The Morgan fingerprint density at radius 2 is 2.06 bits per heavy atom. The standard InChI is InChI=1S/C12H22N4/c1-9(2)10(3)16(4)8-11-5-6-12(15-13)14-7-11/h5-7,9-10H,8,13H2,1-4H3,(H,14,15). The molecule has 4 nitrogen and oxygen atoms in total. The van der Waals surface area contributed by atoms with Crippen molar-refractivity contribution in [1.29, 1.82) is 0 Å². The van der Waals surface area contributed by atoms with Crippen molar-refractivity contribution in [1.82, 2.24) is 9.88 Å². The number of nitrogen functional groups attached to an aromatic ring is 1. The molecule has 0 saturated heterocycles. The molecule has 1 heterocycles. The summed E-state index contributed by atoms with van der Waals surface area (Å²) >= 11 is 0.